The second-order valence-corrected chi connectivity index (χ2v) is 4.49. The molecule has 1 aliphatic rings. The van der Waals surface area contributed by atoms with Crippen molar-refractivity contribution in [2.45, 2.75) is 6.54 Å². The molecule has 0 spiro atoms. The summed E-state index contributed by atoms with van der Waals surface area (Å²) in [5, 5.41) is 0. The summed E-state index contributed by atoms with van der Waals surface area (Å²) >= 11 is 0. The van der Waals surface area contributed by atoms with E-state index >= 15 is 0 Å². The molecule has 5 heteroatoms. The first-order valence-corrected chi connectivity index (χ1v) is 6.08. The van der Waals surface area contributed by atoms with Gasteiger partial charge in [0.2, 0.25) is 0 Å². The highest BCUT2D eigenvalue weighted by atomic mass is 19.1. The Bertz CT molecular complexity index is 736. The number of anilines is 1. The van der Waals surface area contributed by atoms with E-state index in [4.69, 9.17) is 5.53 Å². The zero-order valence-electron chi connectivity index (χ0n) is 10.5. The van der Waals surface area contributed by atoms with Gasteiger partial charge in [-0.25, -0.2) is 4.39 Å². The lowest BCUT2D eigenvalue weighted by molar-refractivity contribution is -0.116. The van der Waals surface area contributed by atoms with Crippen LogP contribution in [0.2, 0.25) is 0 Å². The van der Waals surface area contributed by atoms with Crippen LogP contribution < -0.4 is 4.90 Å². The Kier molecular flexibility index (Phi) is 2.89. The van der Waals surface area contributed by atoms with Gasteiger partial charge in [0.05, 0.1) is 17.8 Å². The number of hydrogen-bond acceptors (Lipinski definition) is 1. The first-order valence-electron chi connectivity index (χ1n) is 6.08. The van der Waals surface area contributed by atoms with Gasteiger partial charge in [-0.15, -0.1) is 0 Å². The lowest BCUT2D eigenvalue weighted by Crippen LogP contribution is -2.29. The minimum absolute atomic E-state index is 0.129. The summed E-state index contributed by atoms with van der Waals surface area (Å²) in [4.78, 5) is 16.7. The number of rotatable bonds is 2. The van der Waals surface area contributed by atoms with E-state index < -0.39 is 11.7 Å². The predicted octanol–water partition coefficient (Wildman–Crippen LogP) is 2.39. The standard InChI is InChI=1S/C15H10FN3O/c16-11-6-7-13-12(8-11)14(18-17)15(20)19(13)9-10-4-2-1-3-5-10/h1-8H,9H2. The smallest absolute Gasteiger partial charge is 0.361 e. The van der Waals surface area contributed by atoms with E-state index in [9.17, 15) is 9.18 Å². The van der Waals surface area contributed by atoms with Crippen LogP contribution in [0.3, 0.4) is 0 Å². The highest BCUT2D eigenvalue weighted by Crippen LogP contribution is 2.30. The minimum Gasteiger partial charge on any atom is -0.361 e. The molecule has 0 bridgehead atoms. The largest absolute Gasteiger partial charge is 0.389 e. The van der Waals surface area contributed by atoms with Gasteiger partial charge in [0, 0.05) is 0 Å². The Labute approximate surface area is 114 Å². The van der Waals surface area contributed by atoms with E-state index in [1.165, 1.54) is 23.1 Å². The molecule has 2 aromatic rings. The first kappa shape index (κ1) is 12.3. The normalized spacial score (nSPS) is 13.3. The topological polar surface area (TPSA) is 56.7 Å². The first-order chi connectivity index (χ1) is 9.70. The zero-order valence-corrected chi connectivity index (χ0v) is 10.5. The van der Waals surface area contributed by atoms with Crippen LogP contribution in [-0.2, 0) is 11.3 Å². The van der Waals surface area contributed by atoms with Crippen LogP contribution in [0, 0.1) is 5.82 Å². The van der Waals surface area contributed by atoms with Gasteiger partial charge < -0.3 is 5.53 Å². The average molecular weight is 267 g/mol. The molecule has 4 nitrogen and oxygen atoms in total. The summed E-state index contributed by atoms with van der Waals surface area (Å²) in [6.07, 6.45) is 0. The SMILES string of the molecule is [N-]=[N+]=C1C(=O)N(Cc2ccccc2)c2ccc(F)cc21. The van der Waals surface area contributed by atoms with Crippen molar-refractivity contribution < 1.29 is 14.0 Å². The molecule has 98 valence electrons. The molecule has 0 unspecified atom stereocenters. The molecule has 0 N–H and O–H groups in total. The monoisotopic (exact) mass is 267 g/mol. The van der Waals surface area contributed by atoms with Crippen LogP contribution >= 0.6 is 0 Å². The molecule has 1 amide bonds. The second-order valence-electron chi connectivity index (χ2n) is 4.49. The van der Waals surface area contributed by atoms with E-state index in [1.54, 1.807) is 0 Å². The van der Waals surface area contributed by atoms with Crippen molar-refractivity contribution in [3.05, 3.63) is 71.0 Å². The van der Waals surface area contributed by atoms with Gasteiger partial charge >= 0.3 is 11.6 Å². The van der Waals surface area contributed by atoms with Crippen LogP contribution in [0.5, 0.6) is 0 Å². The van der Waals surface area contributed by atoms with E-state index in [0.717, 1.165) is 5.56 Å². The molecule has 0 fully saturated rings. The number of halogens is 1. The molecule has 0 atom stereocenters. The number of amides is 1. The Morgan fingerprint density at radius 2 is 1.90 bits per heavy atom. The van der Waals surface area contributed by atoms with Crippen molar-refractivity contribution in [2.24, 2.45) is 0 Å². The van der Waals surface area contributed by atoms with Crippen molar-refractivity contribution in [3.63, 3.8) is 0 Å². The highest BCUT2D eigenvalue weighted by Gasteiger charge is 2.40. The lowest BCUT2D eigenvalue weighted by atomic mass is 10.1. The van der Waals surface area contributed by atoms with E-state index in [2.05, 4.69) is 4.79 Å². The Hall–Kier alpha value is -2.78. The fourth-order valence-corrected chi connectivity index (χ4v) is 2.31. The Morgan fingerprint density at radius 3 is 2.60 bits per heavy atom. The predicted molar refractivity (Wildman–Crippen MR) is 71.8 cm³/mol. The molecular formula is C15H10FN3O. The molecule has 0 saturated carbocycles. The summed E-state index contributed by atoms with van der Waals surface area (Å²) in [7, 11) is 0. The number of carbonyl (C=O) groups excluding carboxylic acids is 1. The molecule has 0 radical (unpaired) electrons. The average Bonchev–Trinajstić information content (AvgIpc) is 2.71. The molecule has 3 rings (SSSR count). The summed E-state index contributed by atoms with van der Waals surface area (Å²) in [5.74, 6) is -0.906. The van der Waals surface area contributed by atoms with Crippen molar-refractivity contribution in [3.8, 4) is 0 Å². The van der Waals surface area contributed by atoms with Crippen molar-refractivity contribution in [2.75, 3.05) is 4.90 Å². The Balaban J connectivity index is 2.06. The number of benzene rings is 2. The molecule has 1 aliphatic heterocycles. The molecule has 0 saturated heterocycles. The zero-order chi connectivity index (χ0) is 14.1. The third kappa shape index (κ3) is 1.90. The molecule has 1 heterocycles. The number of carbonyl (C=O) groups is 1. The van der Waals surface area contributed by atoms with E-state index in [-0.39, 0.29) is 5.71 Å². The van der Waals surface area contributed by atoms with E-state index in [1.807, 2.05) is 30.3 Å². The maximum Gasteiger partial charge on any atom is 0.389 e. The molecule has 0 aliphatic carbocycles. The third-order valence-corrected chi connectivity index (χ3v) is 3.24. The highest BCUT2D eigenvalue weighted by molar-refractivity contribution is 6.52. The summed E-state index contributed by atoms with van der Waals surface area (Å²) < 4.78 is 13.3. The van der Waals surface area contributed by atoms with Crippen LogP contribution in [0.1, 0.15) is 11.1 Å². The lowest BCUT2D eigenvalue weighted by Gasteiger charge is -2.15. The number of nitrogens with zero attached hydrogens (tertiary/aromatic N) is 3. The summed E-state index contributed by atoms with van der Waals surface area (Å²) in [6.45, 7) is 0.345. The molecule has 0 aromatic heterocycles. The van der Waals surface area contributed by atoms with Crippen LogP contribution in [-0.4, -0.2) is 16.4 Å². The molecular weight excluding hydrogens is 257 g/mol. The van der Waals surface area contributed by atoms with Crippen LogP contribution in [0.4, 0.5) is 10.1 Å². The van der Waals surface area contributed by atoms with Gasteiger partial charge in [-0.1, -0.05) is 30.3 Å². The number of fused-ring (bicyclic) bond motifs is 1. The maximum absolute atomic E-state index is 13.3. The van der Waals surface area contributed by atoms with E-state index in [0.29, 0.717) is 17.8 Å². The van der Waals surface area contributed by atoms with Gasteiger partial charge in [-0.3, -0.25) is 9.69 Å². The summed E-state index contributed by atoms with van der Waals surface area (Å²) in [5.41, 5.74) is 10.6. The quantitative estimate of drug-likeness (QED) is 0.609. The second kappa shape index (κ2) is 4.72. The van der Waals surface area contributed by atoms with Crippen LogP contribution in [0.25, 0.3) is 5.53 Å². The third-order valence-electron chi connectivity index (χ3n) is 3.24. The van der Waals surface area contributed by atoms with Crippen molar-refractivity contribution in [1.82, 2.24) is 0 Å². The van der Waals surface area contributed by atoms with Crippen LogP contribution in [0.15, 0.2) is 48.5 Å². The Morgan fingerprint density at radius 1 is 1.15 bits per heavy atom. The van der Waals surface area contributed by atoms with Crippen molar-refractivity contribution in [1.29, 1.82) is 0 Å². The minimum atomic E-state index is -0.473. The fraction of sp³-hybridized carbons (Fsp3) is 0.0667. The van der Waals surface area contributed by atoms with Gasteiger partial charge in [0.25, 0.3) is 0 Å². The number of hydrogen-bond donors (Lipinski definition) is 0. The van der Waals surface area contributed by atoms with Gasteiger partial charge in [-0.05, 0) is 23.8 Å². The van der Waals surface area contributed by atoms with Gasteiger partial charge in [0.15, 0.2) is 0 Å². The molecule has 20 heavy (non-hydrogen) atoms. The van der Waals surface area contributed by atoms with Gasteiger partial charge in [-0.2, -0.15) is 4.79 Å². The summed E-state index contributed by atoms with van der Waals surface area (Å²) in [6, 6.07) is 13.4. The van der Waals surface area contributed by atoms with Crippen molar-refractivity contribution >= 4 is 17.3 Å². The molecule has 2 aromatic carbocycles. The fourth-order valence-electron chi connectivity index (χ4n) is 2.31. The maximum atomic E-state index is 13.3. The van der Waals surface area contributed by atoms with Gasteiger partial charge in [0.1, 0.15) is 5.82 Å².